The van der Waals surface area contributed by atoms with Gasteiger partial charge in [0, 0.05) is 25.0 Å². The van der Waals surface area contributed by atoms with Crippen LogP contribution in [0, 0.1) is 12.7 Å². The second kappa shape index (κ2) is 7.68. The lowest BCUT2D eigenvalue weighted by atomic mass is 9.87. The molecule has 0 bridgehead atoms. The van der Waals surface area contributed by atoms with E-state index in [0.717, 1.165) is 23.5 Å². The van der Waals surface area contributed by atoms with Crippen LogP contribution in [0.1, 0.15) is 38.8 Å². The molecule has 0 heterocycles. The van der Waals surface area contributed by atoms with Gasteiger partial charge in [-0.1, -0.05) is 32.9 Å². The summed E-state index contributed by atoms with van der Waals surface area (Å²) in [6.45, 7) is 11.4. The highest BCUT2D eigenvalue weighted by Crippen LogP contribution is 2.29. The second-order valence-electron chi connectivity index (χ2n) is 7.39. The predicted octanol–water partition coefficient (Wildman–Crippen LogP) is 5.79. The summed E-state index contributed by atoms with van der Waals surface area (Å²) in [6.07, 6.45) is 1.65. The first-order valence-electron chi connectivity index (χ1n) is 8.63. The smallest absolute Gasteiger partial charge is 0.150 e. The van der Waals surface area contributed by atoms with Crippen molar-refractivity contribution in [1.29, 1.82) is 0 Å². The summed E-state index contributed by atoms with van der Waals surface area (Å²) < 4.78 is 14.3. The van der Waals surface area contributed by atoms with Crippen LogP contribution < -0.4 is 5.32 Å². The monoisotopic (exact) mass is 341 g/mol. The lowest BCUT2D eigenvalue weighted by Crippen LogP contribution is -2.14. The molecule has 2 rings (SSSR count). The molecule has 0 aliphatic carbocycles. The molecule has 0 radical (unpaired) electrons. The molecule has 2 aromatic rings. The van der Waals surface area contributed by atoms with Gasteiger partial charge < -0.3 is 10.2 Å². The van der Waals surface area contributed by atoms with Crippen molar-refractivity contribution in [3.63, 3.8) is 0 Å². The Bertz CT molecular complexity index is 743. The summed E-state index contributed by atoms with van der Waals surface area (Å²) in [5.41, 5.74) is 4.39. The molecule has 0 aliphatic rings. The average Bonchev–Trinajstić information content (AvgIpc) is 2.56. The first-order chi connectivity index (χ1) is 11.7. The van der Waals surface area contributed by atoms with E-state index in [1.165, 1.54) is 11.6 Å². The van der Waals surface area contributed by atoms with Crippen LogP contribution in [-0.4, -0.2) is 24.8 Å². The Labute approximate surface area is 150 Å². The summed E-state index contributed by atoms with van der Waals surface area (Å²) in [7, 11) is 1.91. The topological polar surface area (TPSA) is 27.6 Å². The summed E-state index contributed by atoms with van der Waals surface area (Å²) in [6, 6.07) is 11.5. The van der Waals surface area contributed by atoms with Gasteiger partial charge in [0.1, 0.15) is 5.69 Å². The van der Waals surface area contributed by atoms with Gasteiger partial charge in [-0.3, -0.25) is 0 Å². The summed E-state index contributed by atoms with van der Waals surface area (Å²) in [5, 5.41) is 3.29. The Balaban J connectivity index is 2.20. The molecule has 0 saturated heterocycles. The first kappa shape index (κ1) is 19.0. The highest BCUT2D eigenvalue weighted by molar-refractivity contribution is 5.68. The molecule has 0 saturated carbocycles. The van der Waals surface area contributed by atoms with Crippen LogP contribution >= 0.6 is 0 Å². The Morgan fingerprint density at radius 2 is 1.80 bits per heavy atom. The van der Waals surface area contributed by atoms with Crippen molar-refractivity contribution < 1.29 is 4.39 Å². The van der Waals surface area contributed by atoms with E-state index in [1.54, 1.807) is 12.4 Å². The van der Waals surface area contributed by atoms with Crippen LogP contribution in [0.25, 0.3) is 0 Å². The Kier molecular flexibility index (Phi) is 5.83. The number of benzene rings is 2. The number of rotatable bonds is 5. The van der Waals surface area contributed by atoms with Gasteiger partial charge in [-0.05, 0) is 54.7 Å². The lowest BCUT2D eigenvalue weighted by Gasteiger charge is -2.19. The molecule has 0 spiro atoms. The van der Waals surface area contributed by atoms with Crippen molar-refractivity contribution >= 4 is 23.4 Å². The van der Waals surface area contributed by atoms with E-state index < -0.39 is 0 Å². The van der Waals surface area contributed by atoms with Gasteiger partial charge in [0.05, 0.1) is 6.34 Å². The van der Waals surface area contributed by atoms with Crippen molar-refractivity contribution in [1.82, 2.24) is 4.90 Å². The molecule has 2 aromatic carbocycles. The lowest BCUT2D eigenvalue weighted by molar-refractivity contribution is 0.551. The van der Waals surface area contributed by atoms with Gasteiger partial charge in [-0.15, -0.1) is 0 Å². The van der Waals surface area contributed by atoms with Gasteiger partial charge >= 0.3 is 0 Å². The number of nitrogens with zero attached hydrogens (tertiary/aromatic N) is 2. The molecule has 0 atom stereocenters. The summed E-state index contributed by atoms with van der Waals surface area (Å²) in [5.74, 6) is -0.333. The van der Waals surface area contributed by atoms with Crippen LogP contribution in [0.5, 0.6) is 0 Å². The zero-order valence-electron chi connectivity index (χ0n) is 16.0. The zero-order chi connectivity index (χ0) is 18.6. The van der Waals surface area contributed by atoms with Crippen molar-refractivity contribution in [2.75, 3.05) is 18.9 Å². The highest BCUT2D eigenvalue weighted by atomic mass is 19.1. The normalized spacial score (nSPS) is 11.8. The molecule has 4 heteroatoms. The summed E-state index contributed by atoms with van der Waals surface area (Å²) >= 11 is 0. The Morgan fingerprint density at radius 1 is 1.16 bits per heavy atom. The average molecular weight is 341 g/mol. The van der Waals surface area contributed by atoms with E-state index in [1.807, 2.05) is 37.9 Å². The fourth-order valence-corrected chi connectivity index (χ4v) is 2.35. The van der Waals surface area contributed by atoms with E-state index >= 15 is 0 Å². The number of hydrogen-bond acceptors (Lipinski definition) is 2. The molecule has 134 valence electrons. The molecule has 1 N–H and O–H groups in total. The first-order valence-corrected chi connectivity index (χ1v) is 8.63. The largest absolute Gasteiger partial charge is 0.366 e. The molecule has 0 aliphatic heterocycles. The van der Waals surface area contributed by atoms with Crippen molar-refractivity contribution in [2.45, 2.75) is 40.0 Å². The Hall–Kier alpha value is -2.36. The molecule has 0 amide bonds. The molecule has 25 heavy (non-hydrogen) atoms. The summed E-state index contributed by atoms with van der Waals surface area (Å²) in [4.78, 5) is 6.12. The van der Waals surface area contributed by atoms with Crippen LogP contribution in [0.2, 0.25) is 0 Å². The third-order valence-corrected chi connectivity index (χ3v) is 4.22. The van der Waals surface area contributed by atoms with Crippen molar-refractivity contribution in [3.05, 3.63) is 53.3 Å². The SMILES string of the molecule is CCN(C)C=Nc1cc(C)c(Nc2ccc(C(C)(C)C)cc2)cc1F. The van der Waals surface area contributed by atoms with E-state index in [2.05, 4.69) is 43.2 Å². The van der Waals surface area contributed by atoms with Gasteiger partial charge in [0.2, 0.25) is 0 Å². The van der Waals surface area contributed by atoms with Crippen LogP contribution in [0.4, 0.5) is 21.5 Å². The third-order valence-electron chi connectivity index (χ3n) is 4.22. The van der Waals surface area contributed by atoms with E-state index in [-0.39, 0.29) is 11.2 Å². The van der Waals surface area contributed by atoms with Gasteiger partial charge in [-0.25, -0.2) is 9.38 Å². The fourth-order valence-electron chi connectivity index (χ4n) is 2.35. The number of aliphatic imine (C=N–C) groups is 1. The van der Waals surface area contributed by atoms with E-state index in [9.17, 15) is 4.39 Å². The number of anilines is 2. The van der Waals surface area contributed by atoms with Crippen LogP contribution in [0.3, 0.4) is 0 Å². The van der Waals surface area contributed by atoms with Gasteiger partial charge in [0.15, 0.2) is 5.82 Å². The third kappa shape index (κ3) is 5.05. The predicted molar refractivity (Wildman–Crippen MR) is 106 cm³/mol. The maximum absolute atomic E-state index is 14.3. The van der Waals surface area contributed by atoms with Gasteiger partial charge in [-0.2, -0.15) is 0 Å². The molecule has 0 aromatic heterocycles. The minimum Gasteiger partial charge on any atom is -0.366 e. The van der Waals surface area contributed by atoms with E-state index in [0.29, 0.717) is 5.69 Å². The van der Waals surface area contributed by atoms with E-state index in [4.69, 9.17) is 0 Å². The molecule has 3 nitrogen and oxygen atoms in total. The van der Waals surface area contributed by atoms with Crippen molar-refractivity contribution in [2.24, 2.45) is 4.99 Å². The minimum atomic E-state index is -0.333. The molecule has 0 unspecified atom stereocenters. The van der Waals surface area contributed by atoms with Gasteiger partial charge in [0.25, 0.3) is 0 Å². The standard InChI is InChI=1S/C21H28FN3/c1-7-25(6)14-23-20-12-15(2)19(13-18(20)22)24-17-10-8-16(9-11-17)21(3,4)5/h8-14,24H,7H2,1-6H3. The second-order valence-corrected chi connectivity index (χ2v) is 7.39. The fraction of sp³-hybridized carbons (Fsp3) is 0.381. The number of halogens is 1. The quantitative estimate of drug-likeness (QED) is 0.551. The zero-order valence-corrected chi connectivity index (χ0v) is 16.0. The number of nitrogens with one attached hydrogen (secondary N) is 1. The minimum absolute atomic E-state index is 0.117. The van der Waals surface area contributed by atoms with Crippen LogP contribution in [-0.2, 0) is 5.41 Å². The molecule has 0 fully saturated rings. The molecular weight excluding hydrogens is 313 g/mol. The van der Waals surface area contributed by atoms with Crippen LogP contribution in [0.15, 0.2) is 41.4 Å². The highest BCUT2D eigenvalue weighted by Gasteiger charge is 2.13. The van der Waals surface area contributed by atoms with Crippen molar-refractivity contribution in [3.8, 4) is 0 Å². The number of aryl methyl sites for hydroxylation is 1. The maximum Gasteiger partial charge on any atom is 0.150 e. The maximum atomic E-state index is 14.3. The Morgan fingerprint density at radius 3 is 2.36 bits per heavy atom. The molecular formula is C21H28FN3. The number of hydrogen-bond donors (Lipinski definition) is 1.